The van der Waals surface area contributed by atoms with Crippen molar-refractivity contribution in [3.63, 3.8) is 0 Å². The van der Waals surface area contributed by atoms with Gasteiger partial charge in [0.05, 0.1) is 6.61 Å². The number of nitrogens with zero attached hydrogens (tertiary/aromatic N) is 1. The van der Waals surface area contributed by atoms with E-state index in [1.807, 2.05) is 0 Å². The first-order valence-corrected chi connectivity index (χ1v) is 6.05. The Morgan fingerprint density at radius 2 is 2.16 bits per heavy atom. The van der Waals surface area contributed by atoms with Gasteiger partial charge in [-0.2, -0.15) is 0 Å². The third-order valence-electron chi connectivity index (χ3n) is 2.90. The second-order valence-electron chi connectivity index (χ2n) is 4.43. The Labute approximate surface area is 114 Å². The van der Waals surface area contributed by atoms with E-state index in [1.54, 1.807) is 6.92 Å². The van der Waals surface area contributed by atoms with Gasteiger partial charge in [0, 0.05) is 12.0 Å². The van der Waals surface area contributed by atoms with Crippen molar-refractivity contribution in [3.05, 3.63) is 21.2 Å². The molecule has 1 fully saturated rings. The first-order valence-electron chi connectivity index (χ1n) is 5.67. The topological polar surface area (TPSA) is 115 Å². The van der Waals surface area contributed by atoms with Crippen LogP contribution in [-0.4, -0.2) is 39.8 Å². The Balaban J connectivity index is 0.000000550. The molecule has 2 rings (SSSR count). The van der Waals surface area contributed by atoms with E-state index >= 15 is 0 Å². The molecule has 1 saturated carbocycles. The normalized spacial score (nSPS) is 15.1. The van der Waals surface area contributed by atoms with Crippen molar-refractivity contribution in [3.8, 4) is 0 Å². The SMILES string of the molecule is Cc1nc(NCC2(CO)CC2)c(Cl)c(=O)[nH]1.O=CO. The lowest BCUT2D eigenvalue weighted by molar-refractivity contribution is -0.122. The van der Waals surface area contributed by atoms with Crippen molar-refractivity contribution in [2.75, 3.05) is 18.5 Å². The number of H-pyrrole nitrogens is 1. The third-order valence-corrected chi connectivity index (χ3v) is 3.26. The minimum atomic E-state index is -0.342. The van der Waals surface area contributed by atoms with Crippen molar-refractivity contribution in [2.24, 2.45) is 5.41 Å². The van der Waals surface area contributed by atoms with Crippen molar-refractivity contribution < 1.29 is 15.0 Å². The lowest BCUT2D eigenvalue weighted by Gasteiger charge is -2.13. The summed E-state index contributed by atoms with van der Waals surface area (Å²) in [7, 11) is 0. The van der Waals surface area contributed by atoms with E-state index in [0.29, 0.717) is 18.2 Å². The van der Waals surface area contributed by atoms with E-state index in [-0.39, 0.29) is 29.1 Å². The highest BCUT2D eigenvalue weighted by Crippen LogP contribution is 2.44. The quantitative estimate of drug-likeness (QED) is 0.604. The van der Waals surface area contributed by atoms with Crippen LogP contribution in [0.25, 0.3) is 0 Å². The number of carboxylic acid groups (broad SMARTS) is 1. The van der Waals surface area contributed by atoms with E-state index in [2.05, 4.69) is 15.3 Å². The van der Waals surface area contributed by atoms with Gasteiger partial charge < -0.3 is 20.5 Å². The average molecular weight is 290 g/mol. The molecule has 1 aromatic rings. The van der Waals surface area contributed by atoms with Gasteiger partial charge in [0.1, 0.15) is 10.8 Å². The fourth-order valence-electron chi connectivity index (χ4n) is 1.53. The number of rotatable bonds is 4. The van der Waals surface area contributed by atoms with Crippen LogP contribution in [-0.2, 0) is 4.79 Å². The molecule has 0 radical (unpaired) electrons. The van der Waals surface area contributed by atoms with Crippen LogP contribution >= 0.6 is 11.6 Å². The Kier molecular flexibility index (Phi) is 5.31. The van der Waals surface area contributed by atoms with Crippen molar-refractivity contribution >= 4 is 23.9 Å². The number of aliphatic hydroxyl groups excluding tert-OH is 1. The molecule has 1 heterocycles. The van der Waals surface area contributed by atoms with Gasteiger partial charge in [0.2, 0.25) is 0 Å². The predicted octanol–water partition coefficient (Wildman–Crippen LogP) is 0.617. The third kappa shape index (κ3) is 4.22. The molecule has 0 amide bonds. The largest absolute Gasteiger partial charge is 0.483 e. The van der Waals surface area contributed by atoms with Crippen molar-refractivity contribution in [1.82, 2.24) is 9.97 Å². The summed E-state index contributed by atoms with van der Waals surface area (Å²) < 4.78 is 0. The number of aryl methyl sites for hydroxylation is 1. The van der Waals surface area contributed by atoms with Crippen molar-refractivity contribution in [1.29, 1.82) is 0 Å². The molecule has 0 bridgehead atoms. The Morgan fingerprint density at radius 3 is 2.63 bits per heavy atom. The molecule has 7 nitrogen and oxygen atoms in total. The summed E-state index contributed by atoms with van der Waals surface area (Å²) in [5.41, 5.74) is -0.382. The van der Waals surface area contributed by atoms with Gasteiger partial charge in [-0.15, -0.1) is 0 Å². The number of aromatic nitrogens is 2. The van der Waals surface area contributed by atoms with Gasteiger partial charge in [0.15, 0.2) is 5.82 Å². The predicted molar refractivity (Wildman–Crippen MR) is 70.5 cm³/mol. The van der Waals surface area contributed by atoms with Crippen LogP contribution in [0.4, 0.5) is 5.82 Å². The molecule has 0 atom stereocenters. The van der Waals surface area contributed by atoms with E-state index < -0.39 is 0 Å². The summed E-state index contributed by atoms with van der Waals surface area (Å²) in [6, 6.07) is 0. The first kappa shape index (κ1) is 15.5. The van der Waals surface area contributed by atoms with Crippen LogP contribution in [0.2, 0.25) is 5.02 Å². The minimum Gasteiger partial charge on any atom is -0.483 e. The van der Waals surface area contributed by atoms with Crippen LogP contribution in [0.3, 0.4) is 0 Å². The fraction of sp³-hybridized carbons (Fsp3) is 0.545. The molecule has 1 aromatic heterocycles. The van der Waals surface area contributed by atoms with E-state index in [4.69, 9.17) is 26.6 Å². The van der Waals surface area contributed by atoms with Crippen LogP contribution in [0.1, 0.15) is 18.7 Å². The number of hydrogen-bond acceptors (Lipinski definition) is 5. The molecule has 4 N–H and O–H groups in total. The molecule has 0 aliphatic heterocycles. The maximum Gasteiger partial charge on any atom is 0.290 e. The van der Waals surface area contributed by atoms with Gasteiger partial charge in [-0.05, 0) is 19.8 Å². The van der Waals surface area contributed by atoms with Gasteiger partial charge in [-0.3, -0.25) is 9.59 Å². The molecule has 0 unspecified atom stereocenters. The second-order valence-corrected chi connectivity index (χ2v) is 4.81. The summed E-state index contributed by atoms with van der Waals surface area (Å²) in [5.74, 6) is 0.911. The summed E-state index contributed by atoms with van der Waals surface area (Å²) in [6.07, 6.45) is 1.99. The van der Waals surface area contributed by atoms with Gasteiger partial charge >= 0.3 is 0 Å². The zero-order valence-electron chi connectivity index (χ0n) is 10.4. The molecule has 0 saturated heterocycles. The first-order chi connectivity index (χ1) is 8.98. The highest BCUT2D eigenvalue weighted by molar-refractivity contribution is 6.32. The molecule has 0 spiro atoms. The average Bonchev–Trinajstić information content (AvgIpc) is 3.14. The highest BCUT2D eigenvalue weighted by Gasteiger charge is 2.41. The lowest BCUT2D eigenvalue weighted by Crippen LogP contribution is -2.22. The van der Waals surface area contributed by atoms with Crippen LogP contribution in [0.15, 0.2) is 4.79 Å². The summed E-state index contributed by atoms with van der Waals surface area (Å²) in [5, 5.41) is 19.1. The van der Waals surface area contributed by atoms with E-state index in [1.165, 1.54) is 0 Å². The molecule has 1 aliphatic carbocycles. The Morgan fingerprint density at radius 1 is 1.58 bits per heavy atom. The Bertz CT molecular complexity index is 499. The van der Waals surface area contributed by atoms with Crippen LogP contribution in [0, 0.1) is 12.3 Å². The number of aliphatic hydroxyl groups is 1. The molecular weight excluding hydrogens is 274 g/mol. The van der Waals surface area contributed by atoms with Crippen LogP contribution in [0.5, 0.6) is 0 Å². The van der Waals surface area contributed by atoms with Gasteiger partial charge in [-0.25, -0.2) is 4.98 Å². The molecular formula is C11H16ClN3O4. The molecule has 8 heteroatoms. The molecule has 1 aliphatic rings. The zero-order chi connectivity index (χ0) is 14.5. The number of anilines is 1. The van der Waals surface area contributed by atoms with Crippen LogP contribution < -0.4 is 10.9 Å². The fourth-order valence-corrected chi connectivity index (χ4v) is 1.68. The van der Waals surface area contributed by atoms with E-state index in [9.17, 15) is 4.79 Å². The van der Waals surface area contributed by atoms with Crippen molar-refractivity contribution in [2.45, 2.75) is 19.8 Å². The summed E-state index contributed by atoms with van der Waals surface area (Å²) in [6.45, 7) is 2.20. The smallest absolute Gasteiger partial charge is 0.290 e. The number of hydrogen-bond donors (Lipinski definition) is 4. The summed E-state index contributed by atoms with van der Waals surface area (Å²) in [4.78, 5) is 26.4. The Hall–Kier alpha value is -1.60. The monoisotopic (exact) mass is 289 g/mol. The van der Waals surface area contributed by atoms with Gasteiger partial charge in [0.25, 0.3) is 12.0 Å². The number of aromatic amines is 1. The van der Waals surface area contributed by atoms with Gasteiger partial charge in [-0.1, -0.05) is 11.6 Å². The zero-order valence-corrected chi connectivity index (χ0v) is 11.2. The highest BCUT2D eigenvalue weighted by atomic mass is 35.5. The minimum absolute atomic E-state index is 0.0402. The lowest BCUT2D eigenvalue weighted by atomic mass is 10.1. The second kappa shape index (κ2) is 6.53. The number of nitrogens with one attached hydrogen (secondary N) is 2. The maximum absolute atomic E-state index is 11.4. The van der Waals surface area contributed by atoms with E-state index in [0.717, 1.165) is 12.8 Å². The maximum atomic E-state index is 11.4. The number of halogens is 1. The summed E-state index contributed by atoms with van der Waals surface area (Å²) >= 11 is 5.83. The number of carbonyl (C=O) groups is 1. The standard InChI is InChI=1S/C10H14ClN3O2.CH2O2/c1-6-13-8(7(11)9(16)14-6)12-4-10(5-15)2-3-10;2-1-3/h15H,2-5H2,1H3,(H2,12,13,14,16);1H,(H,2,3). The molecule has 0 aromatic carbocycles. The molecule has 19 heavy (non-hydrogen) atoms. The molecule has 106 valence electrons.